The summed E-state index contributed by atoms with van der Waals surface area (Å²) in [6.45, 7) is 6.59. The number of nitriles is 1. The number of anilines is 1. The Morgan fingerprint density at radius 1 is 1.45 bits per heavy atom. The highest BCUT2D eigenvalue weighted by Crippen LogP contribution is 2.44. The molecule has 0 radical (unpaired) electrons. The highest BCUT2D eigenvalue weighted by molar-refractivity contribution is 5.71. The van der Waals surface area contributed by atoms with E-state index in [1.165, 1.54) is 23.2 Å². The van der Waals surface area contributed by atoms with Crippen LogP contribution in [0.4, 0.5) is 5.69 Å². The van der Waals surface area contributed by atoms with E-state index in [0.29, 0.717) is 17.9 Å². The van der Waals surface area contributed by atoms with E-state index in [-0.39, 0.29) is 0 Å². The molecule has 0 amide bonds. The number of rotatable bonds is 2. The molecule has 1 aromatic carbocycles. The molecular weight excluding hydrogens is 246 g/mol. The van der Waals surface area contributed by atoms with Gasteiger partial charge < -0.3 is 10.2 Å². The third-order valence-electron chi connectivity index (χ3n) is 4.66. The Kier molecular flexibility index (Phi) is 3.43. The van der Waals surface area contributed by atoms with Crippen LogP contribution in [0.1, 0.15) is 42.9 Å². The maximum absolute atomic E-state index is 9.52. The van der Waals surface area contributed by atoms with Gasteiger partial charge in [0, 0.05) is 25.6 Å². The van der Waals surface area contributed by atoms with Crippen LogP contribution in [-0.2, 0) is 6.42 Å². The van der Waals surface area contributed by atoms with E-state index in [1.54, 1.807) is 0 Å². The smallest absolute Gasteiger partial charge is 0.101 e. The van der Waals surface area contributed by atoms with E-state index >= 15 is 0 Å². The zero-order valence-corrected chi connectivity index (χ0v) is 12.6. The Morgan fingerprint density at radius 2 is 2.25 bits per heavy atom. The molecule has 0 aromatic heterocycles. The van der Waals surface area contributed by atoms with E-state index in [2.05, 4.69) is 49.3 Å². The average molecular weight is 269 g/mol. The molecule has 106 valence electrons. The SMILES string of the molecule is CC(C)Cc1cc(C#N)c2c(c1)C1CNCCC1N2C. The molecule has 1 fully saturated rings. The fraction of sp³-hybridized carbons (Fsp3) is 0.588. The van der Waals surface area contributed by atoms with Gasteiger partial charge in [0.1, 0.15) is 6.07 Å². The third kappa shape index (κ3) is 2.09. The topological polar surface area (TPSA) is 39.1 Å². The molecule has 0 spiro atoms. The lowest BCUT2D eigenvalue weighted by molar-refractivity contribution is 0.413. The zero-order valence-electron chi connectivity index (χ0n) is 12.6. The van der Waals surface area contributed by atoms with E-state index in [1.807, 2.05) is 0 Å². The fourth-order valence-corrected chi connectivity index (χ4v) is 3.86. The van der Waals surface area contributed by atoms with Crippen LogP contribution in [0.25, 0.3) is 0 Å². The summed E-state index contributed by atoms with van der Waals surface area (Å²) in [5, 5.41) is 13.0. The van der Waals surface area contributed by atoms with Gasteiger partial charge in [-0.2, -0.15) is 5.26 Å². The van der Waals surface area contributed by atoms with Gasteiger partial charge in [-0.3, -0.25) is 0 Å². The van der Waals surface area contributed by atoms with Crippen molar-refractivity contribution in [3.8, 4) is 6.07 Å². The summed E-state index contributed by atoms with van der Waals surface area (Å²) in [6.07, 6.45) is 2.22. The van der Waals surface area contributed by atoms with Gasteiger partial charge in [0.2, 0.25) is 0 Å². The lowest BCUT2D eigenvalue weighted by Crippen LogP contribution is -2.42. The standard InChI is InChI=1S/C17H23N3/c1-11(2)6-12-7-13(9-18)17-14(8-12)15-10-19-5-4-16(15)20(17)3/h7-8,11,15-16,19H,4-6,10H2,1-3H3. The van der Waals surface area contributed by atoms with Crippen molar-refractivity contribution in [3.63, 3.8) is 0 Å². The number of hydrogen-bond donors (Lipinski definition) is 1. The third-order valence-corrected chi connectivity index (χ3v) is 4.66. The summed E-state index contributed by atoms with van der Waals surface area (Å²) in [7, 11) is 2.15. The molecule has 3 heteroatoms. The Bertz CT molecular complexity index is 556. The molecule has 1 N–H and O–H groups in total. The second kappa shape index (κ2) is 5.10. The molecule has 2 atom stereocenters. The number of hydrogen-bond acceptors (Lipinski definition) is 3. The summed E-state index contributed by atoms with van der Waals surface area (Å²) in [6, 6.07) is 7.43. The van der Waals surface area contributed by atoms with Crippen molar-refractivity contribution in [2.75, 3.05) is 25.0 Å². The number of fused-ring (bicyclic) bond motifs is 3. The lowest BCUT2D eigenvalue weighted by atomic mass is 9.88. The molecule has 2 heterocycles. The second-order valence-electron chi connectivity index (χ2n) is 6.57. The quantitative estimate of drug-likeness (QED) is 0.897. The van der Waals surface area contributed by atoms with E-state index in [9.17, 15) is 5.26 Å². The number of nitrogens with one attached hydrogen (secondary N) is 1. The summed E-state index contributed by atoms with van der Waals surface area (Å²) >= 11 is 0. The van der Waals surface area contributed by atoms with Crippen LogP contribution in [0.5, 0.6) is 0 Å². The summed E-state index contributed by atoms with van der Waals surface area (Å²) < 4.78 is 0. The summed E-state index contributed by atoms with van der Waals surface area (Å²) in [4.78, 5) is 2.35. The van der Waals surface area contributed by atoms with Crippen LogP contribution < -0.4 is 10.2 Å². The van der Waals surface area contributed by atoms with Crippen LogP contribution >= 0.6 is 0 Å². The van der Waals surface area contributed by atoms with Gasteiger partial charge in [0.15, 0.2) is 0 Å². The van der Waals surface area contributed by atoms with Crippen molar-refractivity contribution >= 4 is 5.69 Å². The maximum atomic E-state index is 9.52. The molecule has 2 aliphatic heterocycles. The molecule has 3 rings (SSSR count). The number of piperidine rings is 1. The largest absolute Gasteiger partial charge is 0.370 e. The predicted molar refractivity (Wildman–Crippen MR) is 82.1 cm³/mol. The predicted octanol–water partition coefficient (Wildman–Crippen LogP) is 2.65. The number of nitrogens with zero attached hydrogens (tertiary/aromatic N) is 2. The highest BCUT2D eigenvalue weighted by atomic mass is 15.2. The minimum atomic E-state index is 0.544. The molecule has 0 bridgehead atoms. The van der Waals surface area contributed by atoms with Gasteiger partial charge in [-0.1, -0.05) is 19.9 Å². The minimum Gasteiger partial charge on any atom is -0.370 e. The first-order chi connectivity index (χ1) is 9.61. The molecule has 1 aromatic rings. The molecule has 2 aliphatic rings. The van der Waals surface area contributed by atoms with Gasteiger partial charge >= 0.3 is 0 Å². The van der Waals surface area contributed by atoms with Crippen LogP contribution in [0.3, 0.4) is 0 Å². The normalized spacial score (nSPS) is 24.4. The molecule has 2 unspecified atom stereocenters. The van der Waals surface area contributed by atoms with E-state index in [4.69, 9.17) is 0 Å². The van der Waals surface area contributed by atoms with Crippen LogP contribution in [0.15, 0.2) is 12.1 Å². The van der Waals surface area contributed by atoms with E-state index in [0.717, 1.165) is 25.1 Å². The maximum Gasteiger partial charge on any atom is 0.101 e. The first kappa shape index (κ1) is 13.5. The number of benzene rings is 1. The van der Waals surface area contributed by atoms with Gasteiger partial charge in [0.05, 0.1) is 11.3 Å². The van der Waals surface area contributed by atoms with Crippen molar-refractivity contribution in [1.82, 2.24) is 5.32 Å². The molecule has 3 nitrogen and oxygen atoms in total. The number of likely N-dealkylation sites (N-methyl/N-ethyl adjacent to an activating group) is 1. The van der Waals surface area contributed by atoms with Crippen molar-refractivity contribution in [2.24, 2.45) is 5.92 Å². The molecular formula is C17H23N3. The first-order valence-corrected chi connectivity index (χ1v) is 7.62. The zero-order chi connectivity index (χ0) is 14.3. The molecule has 1 saturated heterocycles. The van der Waals surface area contributed by atoms with Crippen molar-refractivity contribution in [3.05, 3.63) is 28.8 Å². The Balaban J connectivity index is 2.08. The minimum absolute atomic E-state index is 0.544. The molecule has 0 aliphatic carbocycles. The van der Waals surface area contributed by atoms with Crippen LogP contribution in [0.2, 0.25) is 0 Å². The summed E-state index contributed by atoms with van der Waals surface area (Å²) in [5.74, 6) is 1.17. The van der Waals surface area contributed by atoms with Crippen LogP contribution in [-0.4, -0.2) is 26.2 Å². The molecule has 20 heavy (non-hydrogen) atoms. The Hall–Kier alpha value is -1.53. The second-order valence-corrected chi connectivity index (χ2v) is 6.57. The lowest BCUT2D eigenvalue weighted by Gasteiger charge is -2.31. The Labute approximate surface area is 121 Å². The van der Waals surface area contributed by atoms with Gasteiger partial charge in [-0.25, -0.2) is 0 Å². The van der Waals surface area contributed by atoms with Gasteiger partial charge in [-0.05, 0) is 42.5 Å². The van der Waals surface area contributed by atoms with Crippen molar-refractivity contribution in [1.29, 1.82) is 5.26 Å². The highest BCUT2D eigenvalue weighted by Gasteiger charge is 2.39. The van der Waals surface area contributed by atoms with Crippen molar-refractivity contribution in [2.45, 2.75) is 38.6 Å². The van der Waals surface area contributed by atoms with E-state index < -0.39 is 0 Å². The van der Waals surface area contributed by atoms with Crippen molar-refractivity contribution < 1.29 is 0 Å². The Morgan fingerprint density at radius 3 is 2.95 bits per heavy atom. The average Bonchev–Trinajstić information content (AvgIpc) is 2.72. The van der Waals surface area contributed by atoms with Crippen LogP contribution in [0, 0.1) is 17.2 Å². The van der Waals surface area contributed by atoms with Gasteiger partial charge in [0.25, 0.3) is 0 Å². The van der Waals surface area contributed by atoms with Gasteiger partial charge in [-0.15, -0.1) is 0 Å². The summed E-state index contributed by atoms with van der Waals surface area (Å²) in [5.41, 5.74) is 4.74. The first-order valence-electron chi connectivity index (χ1n) is 7.62. The fourth-order valence-electron chi connectivity index (χ4n) is 3.86. The molecule has 0 saturated carbocycles. The monoisotopic (exact) mass is 269 g/mol.